The van der Waals surface area contributed by atoms with E-state index in [1.807, 2.05) is 0 Å². The summed E-state index contributed by atoms with van der Waals surface area (Å²) >= 11 is 4.40. The minimum Gasteiger partial charge on any atom is -1.00 e. The van der Waals surface area contributed by atoms with Gasteiger partial charge in [0.1, 0.15) is 0 Å². The molecule has 1 aromatic heterocycles. The zero-order valence-electron chi connectivity index (χ0n) is 22.8. The first-order chi connectivity index (χ1) is 17.5. The van der Waals surface area contributed by atoms with Gasteiger partial charge in [-0.2, -0.15) is 13.2 Å². The van der Waals surface area contributed by atoms with Crippen LogP contribution in [-0.2, 0) is 39.3 Å². The van der Waals surface area contributed by atoms with Crippen LogP contribution in [0.25, 0.3) is 11.0 Å². The first-order valence-corrected chi connectivity index (χ1v) is 12.7. The lowest BCUT2D eigenvalue weighted by Crippen LogP contribution is -3.00. The Kier molecular flexibility index (Phi) is 21.9. The van der Waals surface area contributed by atoms with Gasteiger partial charge in [0, 0.05) is 20.4 Å². The average molecular weight is 674 g/mol. The number of ether oxygens (including phenoxy) is 2. The van der Waals surface area contributed by atoms with E-state index in [0.717, 1.165) is 41.4 Å². The average Bonchev–Trinajstić information content (AvgIpc) is 3.09. The zero-order chi connectivity index (χ0) is 28.3. The SMILES string of the molecule is CC(=O)OCCCCCN=C=S.CCCCCCOC(C)=O.Cn1c(C(F)(F)F)[n+](C)c2ccccc21.[I-]. The minimum atomic E-state index is -4.33. The van der Waals surface area contributed by atoms with E-state index in [2.05, 4.69) is 29.3 Å². The molecule has 7 nitrogen and oxygen atoms in total. The minimum absolute atomic E-state index is 0. The highest BCUT2D eigenvalue weighted by molar-refractivity contribution is 7.78. The number of nitrogens with zero attached hydrogens (tertiary/aromatic N) is 3. The molecule has 1 aromatic carbocycles. The van der Waals surface area contributed by atoms with E-state index < -0.39 is 12.0 Å². The highest BCUT2D eigenvalue weighted by Gasteiger charge is 2.45. The van der Waals surface area contributed by atoms with Crippen LogP contribution in [0.5, 0.6) is 0 Å². The Morgan fingerprint density at radius 2 is 1.53 bits per heavy atom. The van der Waals surface area contributed by atoms with Crippen molar-refractivity contribution in [3.8, 4) is 0 Å². The summed E-state index contributed by atoms with van der Waals surface area (Å²) in [6, 6.07) is 6.79. The van der Waals surface area contributed by atoms with E-state index in [-0.39, 0.29) is 35.9 Å². The molecule has 0 spiro atoms. The molecule has 0 fully saturated rings. The lowest BCUT2D eigenvalue weighted by atomic mass is 10.2. The van der Waals surface area contributed by atoms with Crippen molar-refractivity contribution in [2.24, 2.45) is 19.1 Å². The Hall–Kier alpha value is -2.05. The third-order valence-corrected chi connectivity index (χ3v) is 5.21. The van der Waals surface area contributed by atoms with Crippen LogP contribution in [0.15, 0.2) is 29.3 Å². The Morgan fingerprint density at radius 1 is 1.00 bits per heavy atom. The van der Waals surface area contributed by atoms with Crippen LogP contribution in [-0.4, -0.2) is 41.4 Å². The van der Waals surface area contributed by atoms with E-state index in [0.29, 0.717) is 24.2 Å². The van der Waals surface area contributed by atoms with Gasteiger partial charge in [-0.25, -0.2) is 14.1 Å². The first kappa shape index (κ1) is 38.1. The fourth-order valence-electron chi connectivity index (χ4n) is 3.34. The molecule has 12 heteroatoms. The van der Waals surface area contributed by atoms with E-state index in [9.17, 15) is 22.8 Å². The predicted octanol–water partition coefficient (Wildman–Crippen LogP) is 2.98. The van der Waals surface area contributed by atoms with Crippen LogP contribution in [0.4, 0.5) is 13.2 Å². The summed E-state index contributed by atoms with van der Waals surface area (Å²) < 4.78 is 49.9. The number of rotatable bonds is 11. The maximum atomic E-state index is 12.7. The van der Waals surface area contributed by atoms with Crippen LogP contribution in [0.2, 0.25) is 0 Å². The number of hydrogen-bond acceptors (Lipinski definition) is 6. The first-order valence-electron chi connectivity index (χ1n) is 12.3. The van der Waals surface area contributed by atoms with Crippen LogP contribution in [0, 0.1) is 0 Å². The molecule has 216 valence electrons. The van der Waals surface area contributed by atoms with Gasteiger partial charge in [-0.15, -0.1) is 0 Å². The number of benzene rings is 1. The van der Waals surface area contributed by atoms with Gasteiger partial charge in [0.25, 0.3) is 0 Å². The number of aliphatic imine (C=N–C) groups is 1. The molecule has 38 heavy (non-hydrogen) atoms. The van der Waals surface area contributed by atoms with Crippen LogP contribution in [0.3, 0.4) is 0 Å². The molecule has 0 saturated heterocycles. The highest BCUT2D eigenvalue weighted by Crippen LogP contribution is 2.28. The maximum absolute atomic E-state index is 12.7. The molecule has 0 bridgehead atoms. The molecule has 0 aliphatic carbocycles. The molecular weight excluding hydrogens is 634 g/mol. The number of alkyl halides is 3. The van der Waals surface area contributed by atoms with E-state index in [4.69, 9.17) is 9.47 Å². The van der Waals surface area contributed by atoms with Crippen LogP contribution in [0.1, 0.15) is 71.5 Å². The highest BCUT2D eigenvalue weighted by atomic mass is 127. The number of hydrogen-bond donors (Lipinski definition) is 0. The Bertz CT molecular complexity index is 965. The Labute approximate surface area is 245 Å². The largest absolute Gasteiger partial charge is 1.00 e. The van der Waals surface area contributed by atoms with E-state index in [1.54, 1.807) is 24.3 Å². The fourth-order valence-corrected chi connectivity index (χ4v) is 3.43. The molecule has 0 atom stereocenters. The van der Waals surface area contributed by atoms with Gasteiger partial charge in [0.2, 0.25) is 0 Å². The van der Waals surface area contributed by atoms with Crippen molar-refractivity contribution >= 4 is 40.4 Å². The molecule has 1 heterocycles. The second-order valence-electron chi connectivity index (χ2n) is 8.20. The predicted molar refractivity (Wildman–Crippen MR) is 140 cm³/mol. The monoisotopic (exact) mass is 673 g/mol. The van der Waals surface area contributed by atoms with Gasteiger partial charge < -0.3 is 33.5 Å². The van der Waals surface area contributed by atoms with Crippen molar-refractivity contribution in [1.29, 1.82) is 0 Å². The number of unbranched alkanes of at least 4 members (excludes halogenated alkanes) is 5. The number of aryl methyl sites for hydroxylation is 2. The molecule has 0 saturated carbocycles. The zero-order valence-corrected chi connectivity index (χ0v) is 25.7. The summed E-state index contributed by atoms with van der Waals surface area (Å²) in [4.78, 5) is 24.3. The van der Waals surface area contributed by atoms with Crippen LogP contribution < -0.4 is 28.5 Å². The van der Waals surface area contributed by atoms with Crippen molar-refractivity contribution in [2.45, 2.75) is 71.9 Å². The molecule has 0 amide bonds. The number of imidazole rings is 1. The van der Waals surface area contributed by atoms with Crippen molar-refractivity contribution < 1.29 is 60.8 Å². The number of thiocarbonyl (C=S) groups is 1. The molecule has 2 rings (SSSR count). The molecule has 2 aromatic rings. The second-order valence-corrected chi connectivity index (χ2v) is 8.39. The van der Waals surface area contributed by atoms with Gasteiger partial charge in [-0.3, -0.25) is 9.59 Å². The number of halogens is 4. The summed E-state index contributed by atoms with van der Waals surface area (Å²) in [5, 5.41) is 2.30. The molecule has 0 unspecified atom stereocenters. The van der Waals surface area contributed by atoms with Gasteiger partial charge in [-0.1, -0.05) is 38.3 Å². The lowest BCUT2D eigenvalue weighted by molar-refractivity contribution is -0.667. The molecular formula is C26H39F3IN3O4S. The number of aromatic nitrogens is 2. The number of carbonyl (C=O) groups is 2. The number of isothiocyanates is 1. The maximum Gasteiger partial charge on any atom is 0.495 e. The van der Waals surface area contributed by atoms with Gasteiger partial charge in [0.05, 0.1) is 32.5 Å². The van der Waals surface area contributed by atoms with E-state index in [1.165, 1.54) is 47.2 Å². The number of carbonyl (C=O) groups excluding carboxylic acids is 2. The van der Waals surface area contributed by atoms with E-state index >= 15 is 0 Å². The molecule has 0 radical (unpaired) electrons. The van der Waals surface area contributed by atoms with Crippen LogP contribution >= 0.6 is 12.2 Å². The Balaban J connectivity index is 0. The Morgan fingerprint density at radius 3 is 1.97 bits per heavy atom. The second kappa shape index (κ2) is 21.8. The summed E-state index contributed by atoms with van der Waals surface area (Å²) in [5.41, 5.74) is 1.15. The molecule has 0 N–H and O–H groups in total. The smallest absolute Gasteiger partial charge is 0.495 e. The lowest BCUT2D eigenvalue weighted by Gasteiger charge is -2.01. The van der Waals surface area contributed by atoms with Crippen molar-refractivity contribution in [3.05, 3.63) is 30.1 Å². The van der Waals surface area contributed by atoms with Gasteiger partial charge >= 0.3 is 23.9 Å². The van der Waals surface area contributed by atoms with Crippen molar-refractivity contribution in [2.75, 3.05) is 19.8 Å². The summed E-state index contributed by atoms with van der Waals surface area (Å²) in [6.07, 6.45) is 3.19. The van der Waals surface area contributed by atoms with Gasteiger partial charge in [-0.05, 0) is 50.0 Å². The van der Waals surface area contributed by atoms with Crippen molar-refractivity contribution in [1.82, 2.24) is 4.57 Å². The van der Waals surface area contributed by atoms with Gasteiger partial charge in [0.15, 0.2) is 11.0 Å². The topological polar surface area (TPSA) is 73.8 Å². The quantitative estimate of drug-likeness (QED) is 0.0917. The number of fused-ring (bicyclic) bond motifs is 1. The number of para-hydroxylation sites is 2. The summed E-state index contributed by atoms with van der Waals surface area (Å²) in [5.74, 6) is -1.04. The summed E-state index contributed by atoms with van der Waals surface area (Å²) in [7, 11) is 2.84. The number of esters is 2. The van der Waals surface area contributed by atoms with Crippen molar-refractivity contribution in [3.63, 3.8) is 0 Å². The molecule has 0 aliphatic rings. The normalized spacial score (nSPS) is 10.1. The summed E-state index contributed by atoms with van der Waals surface area (Å²) in [6.45, 7) is 6.84. The third kappa shape index (κ3) is 16.7. The molecule has 0 aliphatic heterocycles. The fraction of sp³-hybridized carbons (Fsp3) is 0.615. The standard InChI is InChI=1S/C10H10F3N2.C8H13NO2S.C8H16O2.HI/c1-14-7-5-3-4-6-8(7)15(2)9(14)10(11,12)13;1-8(10)11-6-4-2-3-5-9-7-12;1-3-4-5-6-7-10-8(2)9;/h3-6H,1-2H3;2-6H2,1H3;3-7H2,1-2H3;1H/q+1;;;/p-1. The third-order valence-electron chi connectivity index (χ3n) is 5.08.